The number of allylic oxidation sites excluding steroid dienone is 1. The number of nitrogens with one attached hydrogen (secondary N) is 2. The maximum atomic E-state index is 14.7. The normalized spacial score (nSPS) is 15.6. The molecule has 0 saturated heterocycles. The predicted molar refractivity (Wildman–Crippen MR) is 133 cm³/mol. The van der Waals surface area contributed by atoms with Gasteiger partial charge in [0.05, 0.1) is 12.7 Å². The van der Waals surface area contributed by atoms with Gasteiger partial charge in [0.25, 0.3) is 5.91 Å². The molecule has 184 valence electrons. The molecule has 0 unspecified atom stereocenters. The molecule has 2 atom stereocenters. The van der Waals surface area contributed by atoms with E-state index in [9.17, 15) is 9.18 Å². The first-order valence-corrected chi connectivity index (χ1v) is 11.4. The molecule has 1 aromatic heterocycles. The summed E-state index contributed by atoms with van der Waals surface area (Å²) < 4.78 is 25.5. The minimum Gasteiger partial charge on any atom is -0.496 e. The summed E-state index contributed by atoms with van der Waals surface area (Å²) in [5.74, 6) is 0.0550. The van der Waals surface area contributed by atoms with E-state index >= 15 is 0 Å². The van der Waals surface area contributed by atoms with E-state index in [2.05, 4.69) is 35.5 Å². The Morgan fingerprint density at radius 1 is 1.24 bits per heavy atom. The third-order valence-electron chi connectivity index (χ3n) is 5.81. The fourth-order valence-electron chi connectivity index (χ4n) is 4.18. The van der Waals surface area contributed by atoms with E-state index in [1.807, 2.05) is 18.2 Å². The van der Waals surface area contributed by atoms with E-state index in [1.54, 1.807) is 14.2 Å². The van der Waals surface area contributed by atoms with Gasteiger partial charge in [-0.25, -0.2) is 9.37 Å². The van der Waals surface area contributed by atoms with Crippen molar-refractivity contribution in [2.45, 2.75) is 38.6 Å². The van der Waals surface area contributed by atoms with E-state index in [4.69, 9.17) is 20.9 Å². The third kappa shape index (κ3) is 5.84. The molecule has 1 aromatic carbocycles. The van der Waals surface area contributed by atoms with Crippen LogP contribution < -0.4 is 22.1 Å². The van der Waals surface area contributed by atoms with Gasteiger partial charge in [-0.2, -0.15) is 0 Å². The zero-order valence-corrected chi connectivity index (χ0v) is 20.2. The number of nitrogens with zero attached hydrogens (tertiary/aromatic N) is 1. The number of hydrogen-bond acceptors (Lipinski definition) is 7. The SMILES string of the molecule is COCC[C@@H]1C=C(OC)c2cc(Nc3nc(N[C@@H](CN)CC(C)C)c(F)cc3C(N)=O)ccc21. The first kappa shape index (κ1) is 25.5. The van der Waals surface area contributed by atoms with Crippen LogP contribution in [-0.4, -0.2) is 44.3 Å². The summed E-state index contributed by atoms with van der Waals surface area (Å²) in [6.07, 6.45) is 3.66. The Labute approximate surface area is 199 Å². The van der Waals surface area contributed by atoms with Gasteiger partial charge in [0, 0.05) is 43.5 Å². The number of rotatable bonds is 12. The summed E-state index contributed by atoms with van der Waals surface area (Å²) in [7, 11) is 3.31. The molecule has 0 spiro atoms. The summed E-state index contributed by atoms with van der Waals surface area (Å²) >= 11 is 0. The molecule has 8 nitrogen and oxygen atoms in total. The smallest absolute Gasteiger partial charge is 0.252 e. The molecule has 0 saturated carbocycles. The van der Waals surface area contributed by atoms with Crippen molar-refractivity contribution in [3.63, 3.8) is 0 Å². The average molecular weight is 472 g/mol. The van der Waals surface area contributed by atoms with Gasteiger partial charge in [0.2, 0.25) is 0 Å². The molecular weight excluding hydrogens is 437 g/mol. The Kier molecular flexibility index (Phi) is 8.46. The molecule has 6 N–H and O–H groups in total. The number of fused-ring (bicyclic) bond motifs is 1. The summed E-state index contributed by atoms with van der Waals surface area (Å²) in [5, 5.41) is 6.19. The highest BCUT2D eigenvalue weighted by molar-refractivity contribution is 5.98. The van der Waals surface area contributed by atoms with Gasteiger partial charge < -0.3 is 31.6 Å². The molecule has 1 heterocycles. The van der Waals surface area contributed by atoms with Crippen molar-refractivity contribution in [2.24, 2.45) is 17.4 Å². The molecule has 0 radical (unpaired) electrons. The van der Waals surface area contributed by atoms with Crippen molar-refractivity contribution >= 4 is 29.0 Å². The maximum absolute atomic E-state index is 14.7. The highest BCUT2D eigenvalue weighted by atomic mass is 19.1. The fourth-order valence-corrected chi connectivity index (χ4v) is 4.18. The van der Waals surface area contributed by atoms with Crippen molar-refractivity contribution in [2.75, 3.05) is 38.0 Å². The zero-order chi connectivity index (χ0) is 24.8. The summed E-state index contributed by atoms with van der Waals surface area (Å²) in [5.41, 5.74) is 14.1. The van der Waals surface area contributed by atoms with Gasteiger partial charge in [-0.1, -0.05) is 19.9 Å². The van der Waals surface area contributed by atoms with E-state index in [1.165, 1.54) is 0 Å². The minimum absolute atomic E-state index is 0.0156. The standard InChI is InChI=1S/C25H34FN5O3/c1-14(2)9-17(13-27)30-25-21(26)12-20(23(28)32)24(31-25)29-16-5-6-18-15(7-8-33-3)10-22(34-4)19(18)11-16/h5-6,10-12,14-15,17H,7-9,13,27H2,1-4H3,(H2,28,32)(H2,29,30,31)/t15-,17-/m1/s1. The second-order valence-corrected chi connectivity index (χ2v) is 8.84. The summed E-state index contributed by atoms with van der Waals surface area (Å²) in [6, 6.07) is 6.74. The molecule has 0 aliphatic heterocycles. The number of hydrogen-bond donors (Lipinski definition) is 4. The number of carbonyl (C=O) groups excluding carboxylic acids is 1. The third-order valence-corrected chi connectivity index (χ3v) is 5.81. The number of methoxy groups -OCH3 is 2. The van der Waals surface area contributed by atoms with Crippen LogP contribution in [0.5, 0.6) is 0 Å². The molecule has 0 bridgehead atoms. The van der Waals surface area contributed by atoms with Crippen molar-refractivity contribution in [3.05, 3.63) is 52.8 Å². The molecule has 0 fully saturated rings. The predicted octanol–water partition coefficient (Wildman–Crippen LogP) is 3.97. The van der Waals surface area contributed by atoms with Crippen LogP contribution in [0.4, 0.5) is 21.7 Å². The van der Waals surface area contributed by atoms with Gasteiger partial charge in [-0.15, -0.1) is 0 Å². The van der Waals surface area contributed by atoms with Crippen LogP contribution in [0, 0.1) is 11.7 Å². The van der Waals surface area contributed by atoms with Crippen LogP contribution in [0.3, 0.4) is 0 Å². The Bertz CT molecular complexity index is 1060. The van der Waals surface area contributed by atoms with E-state index < -0.39 is 11.7 Å². The number of ether oxygens (including phenoxy) is 2. The average Bonchev–Trinajstić information content (AvgIpc) is 3.15. The first-order valence-electron chi connectivity index (χ1n) is 11.4. The Morgan fingerprint density at radius 2 is 2.00 bits per heavy atom. The highest BCUT2D eigenvalue weighted by Crippen LogP contribution is 2.40. The molecule has 3 rings (SSSR count). The number of nitrogens with two attached hydrogens (primary N) is 2. The number of amides is 1. The van der Waals surface area contributed by atoms with E-state index in [-0.39, 0.29) is 29.2 Å². The van der Waals surface area contributed by atoms with Gasteiger partial charge in [0.1, 0.15) is 11.6 Å². The lowest BCUT2D eigenvalue weighted by Gasteiger charge is -2.21. The lowest BCUT2D eigenvalue weighted by Crippen LogP contribution is -2.31. The fraction of sp³-hybridized carbons (Fsp3) is 0.440. The van der Waals surface area contributed by atoms with Crippen LogP contribution in [-0.2, 0) is 9.47 Å². The number of primary amides is 1. The lowest BCUT2D eigenvalue weighted by atomic mass is 9.97. The number of pyridine rings is 1. The largest absolute Gasteiger partial charge is 0.496 e. The highest BCUT2D eigenvalue weighted by Gasteiger charge is 2.25. The van der Waals surface area contributed by atoms with Crippen LogP contribution in [0.1, 0.15) is 54.1 Å². The Morgan fingerprint density at radius 3 is 2.62 bits per heavy atom. The number of anilines is 3. The zero-order valence-electron chi connectivity index (χ0n) is 20.2. The molecule has 1 aliphatic rings. The number of halogens is 1. The van der Waals surface area contributed by atoms with Crippen LogP contribution >= 0.6 is 0 Å². The van der Waals surface area contributed by atoms with Crippen molar-refractivity contribution in [1.82, 2.24) is 4.98 Å². The van der Waals surface area contributed by atoms with Gasteiger partial charge >= 0.3 is 0 Å². The second kappa shape index (κ2) is 11.3. The molecule has 2 aromatic rings. The van der Waals surface area contributed by atoms with E-state index in [0.717, 1.165) is 35.8 Å². The molecule has 1 amide bonds. The molecular formula is C25H34FN5O3. The second-order valence-electron chi connectivity index (χ2n) is 8.84. The first-order chi connectivity index (χ1) is 16.3. The molecule has 34 heavy (non-hydrogen) atoms. The van der Waals surface area contributed by atoms with Crippen molar-refractivity contribution < 1.29 is 18.7 Å². The van der Waals surface area contributed by atoms with Crippen molar-refractivity contribution in [3.8, 4) is 0 Å². The number of aromatic nitrogens is 1. The van der Waals surface area contributed by atoms with Gasteiger partial charge in [-0.3, -0.25) is 4.79 Å². The summed E-state index contributed by atoms with van der Waals surface area (Å²) in [6.45, 7) is 5.08. The Hall–Kier alpha value is -3.17. The maximum Gasteiger partial charge on any atom is 0.252 e. The number of carbonyl (C=O) groups is 1. The lowest BCUT2D eigenvalue weighted by molar-refractivity contribution is 0.100. The monoisotopic (exact) mass is 471 g/mol. The van der Waals surface area contributed by atoms with Crippen LogP contribution in [0.25, 0.3) is 5.76 Å². The van der Waals surface area contributed by atoms with Gasteiger partial charge in [0.15, 0.2) is 11.6 Å². The summed E-state index contributed by atoms with van der Waals surface area (Å²) in [4.78, 5) is 16.4. The van der Waals surface area contributed by atoms with E-state index in [0.29, 0.717) is 24.8 Å². The molecule has 1 aliphatic carbocycles. The van der Waals surface area contributed by atoms with Crippen LogP contribution in [0.2, 0.25) is 0 Å². The minimum atomic E-state index is -0.781. The van der Waals surface area contributed by atoms with Crippen molar-refractivity contribution in [1.29, 1.82) is 0 Å². The quantitative estimate of drug-likeness (QED) is 0.369. The van der Waals surface area contributed by atoms with Crippen LogP contribution in [0.15, 0.2) is 30.3 Å². The topological polar surface area (TPSA) is 125 Å². The van der Waals surface area contributed by atoms with Gasteiger partial charge in [-0.05, 0) is 48.6 Å². The number of benzene rings is 1. The Balaban J connectivity index is 1.92. The molecule has 9 heteroatoms.